The number of carbonyl (C=O) groups excluding carboxylic acids is 1. The highest BCUT2D eigenvalue weighted by atomic mass is 19.4. The van der Waals surface area contributed by atoms with E-state index >= 15 is 0 Å². The number of hydrogen-bond donors (Lipinski definition) is 0. The van der Waals surface area contributed by atoms with Crippen LogP contribution in [0.5, 0.6) is 0 Å². The predicted molar refractivity (Wildman–Crippen MR) is 35.8 cm³/mol. The summed E-state index contributed by atoms with van der Waals surface area (Å²) in [5, 5.41) is 0. The summed E-state index contributed by atoms with van der Waals surface area (Å²) in [4.78, 5) is 10.4. The first kappa shape index (κ1) is 10.7. The Kier molecular flexibility index (Phi) is 3.53. The van der Waals surface area contributed by atoms with Crippen molar-refractivity contribution in [1.29, 1.82) is 0 Å². The molecule has 0 heterocycles. The summed E-state index contributed by atoms with van der Waals surface area (Å²) < 4.78 is 39.0. The molecule has 0 aliphatic carbocycles. The van der Waals surface area contributed by atoms with E-state index in [2.05, 4.69) is 17.9 Å². The maximum Gasteiger partial charge on any atom is 0.422 e. The van der Waals surface area contributed by atoms with Crippen molar-refractivity contribution in [3.63, 3.8) is 0 Å². The van der Waals surface area contributed by atoms with Crippen molar-refractivity contribution >= 4 is 5.97 Å². The first-order valence-corrected chi connectivity index (χ1v) is 2.81. The van der Waals surface area contributed by atoms with E-state index in [-0.39, 0.29) is 0 Å². The molecular weight excluding hydrogens is 173 g/mol. The standard InChI is InChI=1S/C7H6F3O2/c1-3-4-12-6(11)5(2)7(8,9)10/h3-4H,1-2H2. The molecule has 2 nitrogen and oxygen atoms in total. The fourth-order valence-corrected chi connectivity index (χ4v) is 0.297. The summed E-state index contributed by atoms with van der Waals surface area (Å²) in [5.74, 6) is -1.53. The quantitative estimate of drug-likeness (QED) is 0.489. The minimum atomic E-state index is -4.74. The first-order chi connectivity index (χ1) is 5.39. The van der Waals surface area contributed by atoms with E-state index in [1.807, 2.05) is 0 Å². The molecule has 12 heavy (non-hydrogen) atoms. The molecule has 0 aliphatic rings. The Hall–Kier alpha value is -1.26. The Labute approximate surface area is 67.3 Å². The maximum absolute atomic E-state index is 11.7. The fourth-order valence-electron chi connectivity index (χ4n) is 0.297. The summed E-state index contributed by atoms with van der Waals surface area (Å²) in [6.45, 7) is 6.38. The Morgan fingerprint density at radius 1 is 1.42 bits per heavy atom. The number of halogens is 3. The zero-order valence-electron chi connectivity index (χ0n) is 6.02. The van der Waals surface area contributed by atoms with Crippen molar-refractivity contribution in [1.82, 2.24) is 0 Å². The molecule has 5 heteroatoms. The fraction of sp³-hybridized carbons (Fsp3) is 0.143. The third-order valence-corrected chi connectivity index (χ3v) is 0.860. The van der Waals surface area contributed by atoms with E-state index in [4.69, 9.17) is 0 Å². The van der Waals surface area contributed by atoms with Gasteiger partial charge in [-0.05, 0) is 6.08 Å². The van der Waals surface area contributed by atoms with Crippen LogP contribution in [-0.4, -0.2) is 12.1 Å². The number of alkyl halides is 3. The maximum atomic E-state index is 11.7. The van der Waals surface area contributed by atoms with Gasteiger partial charge in [0.05, 0.1) is 0 Å². The van der Waals surface area contributed by atoms with Gasteiger partial charge >= 0.3 is 12.1 Å². The topological polar surface area (TPSA) is 26.3 Å². The van der Waals surface area contributed by atoms with Gasteiger partial charge in [0.25, 0.3) is 0 Å². The predicted octanol–water partition coefficient (Wildman–Crippen LogP) is 2.00. The van der Waals surface area contributed by atoms with Gasteiger partial charge in [0.1, 0.15) is 5.57 Å². The number of ether oxygens (including phenoxy) is 1. The van der Waals surface area contributed by atoms with Gasteiger partial charge in [0, 0.05) is 0 Å². The van der Waals surface area contributed by atoms with E-state index in [1.165, 1.54) is 0 Å². The highest BCUT2D eigenvalue weighted by Gasteiger charge is 2.37. The van der Waals surface area contributed by atoms with Crippen molar-refractivity contribution in [2.45, 2.75) is 6.18 Å². The number of hydrogen-bond acceptors (Lipinski definition) is 2. The van der Waals surface area contributed by atoms with Gasteiger partial charge in [-0.15, -0.1) is 0 Å². The minimum Gasteiger partial charge on any atom is -0.450 e. The summed E-state index contributed by atoms with van der Waals surface area (Å²) >= 11 is 0. The Bertz CT molecular complexity index is 205. The number of carbonyl (C=O) groups is 1. The lowest BCUT2D eigenvalue weighted by atomic mass is 10.3. The van der Waals surface area contributed by atoms with Crippen LogP contribution in [0.1, 0.15) is 0 Å². The Morgan fingerprint density at radius 3 is 2.25 bits per heavy atom. The van der Waals surface area contributed by atoms with Crippen LogP contribution in [0.25, 0.3) is 0 Å². The molecule has 0 spiro atoms. The molecule has 67 valence electrons. The molecule has 0 aliphatic heterocycles. The summed E-state index contributed by atoms with van der Waals surface area (Å²) in [5.41, 5.74) is -1.54. The van der Waals surface area contributed by atoms with Crippen LogP contribution >= 0.6 is 0 Å². The second-order valence-electron chi connectivity index (χ2n) is 1.75. The van der Waals surface area contributed by atoms with Gasteiger partial charge in [-0.1, -0.05) is 13.2 Å². The smallest absolute Gasteiger partial charge is 0.422 e. The molecule has 0 aromatic carbocycles. The zero-order valence-corrected chi connectivity index (χ0v) is 6.02. The van der Waals surface area contributed by atoms with Crippen molar-refractivity contribution in [2.75, 3.05) is 0 Å². The van der Waals surface area contributed by atoms with Gasteiger partial charge in [-0.3, -0.25) is 0 Å². The zero-order chi connectivity index (χ0) is 9.78. The third kappa shape index (κ3) is 3.23. The van der Waals surface area contributed by atoms with E-state index < -0.39 is 17.7 Å². The van der Waals surface area contributed by atoms with Crippen molar-refractivity contribution in [2.24, 2.45) is 0 Å². The molecule has 0 fully saturated rings. The average Bonchev–Trinajstić information content (AvgIpc) is 1.97. The molecule has 0 N–H and O–H groups in total. The van der Waals surface area contributed by atoms with Crippen LogP contribution in [-0.2, 0) is 9.53 Å². The molecule has 0 saturated heterocycles. The molecule has 1 radical (unpaired) electrons. The lowest BCUT2D eigenvalue weighted by Gasteiger charge is -2.07. The SMILES string of the molecule is C=C[CH]OC(=O)C(=C)C(F)(F)F. The molecule has 0 aromatic heterocycles. The van der Waals surface area contributed by atoms with Crippen LogP contribution in [0.3, 0.4) is 0 Å². The monoisotopic (exact) mass is 179 g/mol. The van der Waals surface area contributed by atoms with Gasteiger partial charge in [-0.25, -0.2) is 4.79 Å². The second kappa shape index (κ2) is 3.94. The van der Waals surface area contributed by atoms with Gasteiger partial charge in [0.2, 0.25) is 0 Å². The van der Waals surface area contributed by atoms with Crippen LogP contribution < -0.4 is 0 Å². The van der Waals surface area contributed by atoms with Crippen LogP contribution in [0.2, 0.25) is 0 Å². The molecule has 0 rings (SSSR count). The number of esters is 1. The van der Waals surface area contributed by atoms with Crippen molar-refractivity contribution in [3.05, 3.63) is 31.4 Å². The van der Waals surface area contributed by atoms with E-state index in [0.29, 0.717) is 0 Å². The first-order valence-electron chi connectivity index (χ1n) is 2.81. The molecule has 0 unspecified atom stereocenters. The molecule has 0 atom stereocenters. The van der Waals surface area contributed by atoms with Crippen molar-refractivity contribution in [3.8, 4) is 0 Å². The van der Waals surface area contributed by atoms with Crippen LogP contribution in [0, 0.1) is 6.61 Å². The lowest BCUT2D eigenvalue weighted by Crippen LogP contribution is -2.20. The summed E-state index contributed by atoms with van der Waals surface area (Å²) in [6, 6.07) is 0. The summed E-state index contributed by atoms with van der Waals surface area (Å²) in [6.07, 6.45) is -3.70. The Balaban J connectivity index is 4.12. The molecule has 0 saturated carbocycles. The van der Waals surface area contributed by atoms with E-state index in [9.17, 15) is 18.0 Å². The number of rotatable bonds is 3. The molecular formula is C7H6F3O2. The van der Waals surface area contributed by atoms with E-state index in [1.54, 1.807) is 0 Å². The van der Waals surface area contributed by atoms with Gasteiger partial charge < -0.3 is 4.74 Å². The second-order valence-corrected chi connectivity index (χ2v) is 1.75. The van der Waals surface area contributed by atoms with Gasteiger partial charge in [0.15, 0.2) is 6.61 Å². The van der Waals surface area contributed by atoms with Crippen LogP contribution in [0.4, 0.5) is 13.2 Å². The highest BCUT2D eigenvalue weighted by Crippen LogP contribution is 2.24. The molecule has 0 bridgehead atoms. The highest BCUT2D eigenvalue weighted by molar-refractivity contribution is 5.89. The molecule has 0 amide bonds. The molecule has 0 aromatic rings. The lowest BCUT2D eigenvalue weighted by molar-refractivity contribution is -0.146. The Morgan fingerprint density at radius 2 is 1.92 bits per heavy atom. The summed E-state index contributed by atoms with van der Waals surface area (Å²) in [7, 11) is 0. The van der Waals surface area contributed by atoms with E-state index in [0.717, 1.165) is 12.7 Å². The van der Waals surface area contributed by atoms with Crippen molar-refractivity contribution < 1.29 is 22.7 Å². The largest absolute Gasteiger partial charge is 0.450 e. The normalized spacial score (nSPS) is 10.6. The third-order valence-electron chi connectivity index (χ3n) is 0.860. The van der Waals surface area contributed by atoms with Gasteiger partial charge in [-0.2, -0.15) is 13.2 Å². The minimum absolute atomic E-state index is 0.749. The van der Waals surface area contributed by atoms with Crippen LogP contribution in [0.15, 0.2) is 24.8 Å². The average molecular weight is 179 g/mol.